The lowest BCUT2D eigenvalue weighted by molar-refractivity contribution is 0.203. The first-order chi connectivity index (χ1) is 11.7. The molecule has 0 fully saturated rings. The molecule has 0 radical (unpaired) electrons. The number of hydrogen-bond acceptors (Lipinski definition) is 1. The largest absolute Gasteiger partial charge is 0.324 e. The van der Waals surface area contributed by atoms with E-state index in [1.807, 2.05) is 6.08 Å². The molecule has 0 aromatic rings. The van der Waals surface area contributed by atoms with Crippen molar-refractivity contribution in [1.29, 1.82) is 0 Å². The smallest absolute Gasteiger partial charge is 0.0278 e. The third kappa shape index (κ3) is 12.9. The van der Waals surface area contributed by atoms with Gasteiger partial charge >= 0.3 is 0 Å². The van der Waals surface area contributed by atoms with Gasteiger partial charge in [0.2, 0.25) is 0 Å². The van der Waals surface area contributed by atoms with Crippen LogP contribution >= 0.6 is 12.4 Å². The zero-order chi connectivity index (χ0) is 18.1. The van der Waals surface area contributed by atoms with Crippen molar-refractivity contribution in [2.24, 2.45) is 11.1 Å². The number of halogens is 1. The first-order valence-corrected chi connectivity index (χ1v) is 11.0. The second-order valence-corrected chi connectivity index (χ2v) is 7.82. The van der Waals surface area contributed by atoms with Crippen LogP contribution < -0.4 is 5.73 Å². The van der Waals surface area contributed by atoms with Crippen LogP contribution in [0.15, 0.2) is 12.7 Å². The van der Waals surface area contributed by atoms with E-state index in [-0.39, 0.29) is 18.4 Å². The van der Waals surface area contributed by atoms with Gasteiger partial charge in [0.1, 0.15) is 0 Å². The van der Waals surface area contributed by atoms with Gasteiger partial charge in [-0.05, 0) is 24.7 Å². The highest BCUT2D eigenvalue weighted by Gasteiger charge is 2.30. The summed E-state index contributed by atoms with van der Waals surface area (Å²) in [6.07, 6.45) is 24.1. The van der Waals surface area contributed by atoms with E-state index in [9.17, 15) is 0 Å². The zero-order valence-electron chi connectivity index (χ0n) is 17.7. The molecule has 0 rings (SSSR count). The fourth-order valence-electron chi connectivity index (χ4n) is 3.99. The Bertz CT molecular complexity index is 273. The van der Waals surface area contributed by atoms with Gasteiger partial charge in [-0.3, -0.25) is 0 Å². The lowest BCUT2D eigenvalue weighted by Crippen LogP contribution is -2.39. The predicted molar refractivity (Wildman–Crippen MR) is 119 cm³/mol. The van der Waals surface area contributed by atoms with Gasteiger partial charge in [0.05, 0.1) is 0 Å². The Morgan fingerprint density at radius 3 is 1.40 bits per heavy atom. The molecule has 0 heterocycles. The second-order valence-electron chi connectivity index (χ2n) is 7.82. The molecule has 0 aliphatic rings. The number of unbranched alkanes of at least 4 members (excludes halogenated alkanes) is 12. The maximum atomic E-state index is 6.30. The molecule has 0 aliphatic heterocycles. The van der Waals surface area contributed by atoms with Crippen molar-refractivity contribution in [3.63, 3.8) is 0 Å². The van der Waals surface area contributed by atoms with E-state index in [1.165, 1.54) is 103 Å². The molecule has 0 bridgehead atoms. The van der Waals surface area contributed by atoms with Crippen molar-refractivity contribution in [3.05, 3.63) is 12.7 Å². The van der Waals surface area contributed by atoms with Gasteiger partial charge < -0.3 is 5.73 Å². The van der Waals surface area contributed by atoms with Gasteiger partial charge in [-0.1, -0.05) is 110 Å². The molecule has 2 N–H and O–H groups in total. The Kier molecular flexibility index (Phi) is 20.4. The maximum absolute atomic E-state index is 6.30. The molecule has 1 nitrogen and oxygen atoms in total. The third-order valence-corrected chi connectivity index (χ3v) is 6.15. The molecule has 0 aromatic carbocycles. The second kappa shape index (κ2) is 18.8. The van der Waals surface area contributed by atoms with E-state index >= 15 is 0 Å². The lowest BCUT2D eigenvalue weighted by Gasteiger charge is -2.36. The summed E-state index contributed by atoms with van der Waals surface area (Å²) in [5.41, 5.74) is 6.59. The highest BCUT2D eigenvalue weighted by atomic mass is 35.5. The molecular weight excluding hydrogens is 326 g/mol. The molecule has 25 heavy (non-hydrogen) atoms. The van der Waals surface area contributed by atoms with Crippen LogP contribution in [0.2, 0.25) is 0 Å². The summed E-state index contributed by atoms with van der Waals surface area (Å²) in [5.74, 6) is 0. The summed E-state index contributed by atoms with van der Waals surface area (Å²) < 4.78 is 0. The fourth-order valence-corrected chi connectivity index (χ4v) is 3.99. The van der Waals surface area contributed by atoms with Crippen molar-refractivity contribution in [1.82, 2.24) is 0 Å². The number of hydrogen-bond donors (Lipinski definition) is 1. The fraction of sp³-hybridized carbons (Fsp3) is 0.913. The number of nitrogens with two attached hydrogens (primary N) is 1. The van der Waals surface area contributed by atoms with E-state index in [1.54, 1.807) is 0 Å². The molecule has 1 unspecified atom stereocenters. The summed E-state index contributed by atoms with van der Waals surface area (Å²) in [4.78, 5) is 0. The van der Waals surface area contributed by atoms with Crippen LogP contribution in [0.5, 0.6) is 0 Å². The molecule has 2 heteroatoms. The molecule has 0 saturated carbocycles. The molecule has 0 spiro atoms. The van der Waals surface area contributed by atoms with Crippen LogP contribution in [-0.4, -0.2) is 6.04 Å². The summed E-state index contributed by atoms with van der Waals surface area (Å²) in [7, 11) is 0. The van der Waals surface area contributed by atoms with Gasteiger partial charge in [0.15, 0.2) is 0 Å². The van der Waals surface area contributed by atoms with E-state index in [0.717, 1.165) is 0 Å². The first-order valence-electron chi connectivity index (χ1n) is 11.0. The first kappa shape index (κ1) is 27.2. The molecule has 1 atom stereocenters. The molecule has 0 amide bonds. The Hall–Kier alpha value is -0.0100. The summed E-state index contributed by atoms with van der Waals surface area (Å²) in [6, 6.07) is 0.157. The monoisotopic (exact) mass is 373 g/mol. The van der Waals surface area contributed by atoms with E-state index in [4.69, 9.17) is 5.73 Å². The average molecular weight is 374 g/mol. The van der Waals surface area contributed by atoms with E-state index in [2.05, 4.69) is 27.4 Å². The van der Waals surface area contributed by atoms with Gasteiger partial charge in [0.25, 0.3) is 0 Å². The van der Waals surface area contributed by atoms with Gasteiger partial charge in [0, 0.05) is 6.04 Å². The molecular formula is C23H48ClN. The minimum Gasteiger partial charge on any atom is -0.324 e. The summed E-state index contributed by atoms with van der Waals surface area (Å²) in [6.45, 7) is 10.8. The Morgan fingerprint density at radius 1 is 0.720 bits per heavy atom. The number of rotatable bonds is 18. The summed E-state index contributed by atoms with van der Waals surface area (Å²) >= 11 is 0. The molecule has 0 aromatic heterocycles. The highest BCUT2D eigenvalue weighted by molar-refractivity contribution is 5.85. The van der Waals surface area contributed by atoms with Crippen LogP contribution in [0, 0.1) is 5.41 Å². The van der Waals surface area contributed by atoms with Crippen LogP contribution in [0.4, 0.5) is 0 Å². The SMILES string of the molecule is C=CC(N)C(CC)(CC)CCCCCCCCCCCCCCC.Cl. The van der Waals surface area contributed by atoms with Crippen molar-refractivity contribution in [2.75, 3.05) is 0 Å². The standard InChI is InChI=1S/C23H47N.ClH/c1-5-9-10-11-12-13-14-15-16-17-18-19-20-21-23(7-3,8-4)22(24)6-2;/h6,22H,2,5,7-21,24H2,1,3-4H3;1H. The van der Waals surface area contributed by atoms with Crippen LogP contribution in [0.25, 0.3) is 0 Å². The molecule has 152 valence electrons. The van der Waals surface area contributed by atoms with E-state index < -0.39 is 0 Å². The van der Waals surface area contributed by atoms with Crippen LogP contribution in [-0.2, 0) is 0 Å². The minimum atomic E-state index is 0. The Balaban J connectivity index is 0. The van der Waals surface area contributed by atoms with Crippen molar-refractivity contribution < 1.29 is 0 Å². The average Bonchev–Trinajstić information content (AvgIpc) is 2.62. The maximum Gasteiger partial charge on any atom is 0.0278 e. The van der Waals surface area contributed by atoms with Gasteiger partial charge in [-0.25, -0.2) is 0 Å². The predicted octanol–water partition coefficient (Wildman–Crippen LogP) is 8.21. The zero-order valence-corrected chi connectivity index (χ0v) is 18.5. The Morgan fingerprint density at radius 2 is 1.08 bits per heavy atom. The minimum absolute atomic E-state index is 0. The molecule has 0 aliphatic carbocycles. The van der Waals surface area contributed by atoms with Crippen LogP contribution in [0.1, 0.15) is 124 Å². The lowest BCUT2D eigenvalue weighted by atomic mass is 9.72. The van der Waals surface area contributed by atoms with Gasteiger partial charge in [-0.15, -0.1) is 19.0 Å². The van der Waals surface area contributed by atoms with Gasteiger partial charge in [-0.2, -0.15) is 0 Å². The third-order valence-electron chi connectivity index (χ3n) is 6.15. The summed E-state index contributed by atoms with van der Waals surface area (Å²) in [5, 5.41) is 0. The van der Waals surface area contributed by atoms with Crippen molar-refractivity contribution >= 4 is 12.4 Å². The van der Waals surface area contributed by atoms with Crippen molar-refractivity contribution in [2.45, 2.75) is 130 Å². The molecule has 0 saturated heterocycles. The Labute approximate surface area is 166 Å². The van der Waals surface area contributed by atoms with Crippen LogP contribution in [0.3, 0.4) is 0 Å². The quantitative estimate of drug-likeness (QED) is 0.190. The van der Waals surface area contributed by atoms with E-state index in [0.29, 0.717) is 5.41 Å². The van der Waals surface area contributed by atoms with Crippen molar-refractivity contribution in [3.8, 4) is 0 Å². The normalized spacial score (nSPS) is 12.6. The highest BCUT2D eigenvalue weighted by Crippen LogP contribution is 2.36. The topological polar surface area (TPSA) is 26.0 Å².